The first-order valence-electron chi connectivity index (χ1n) is 5.18. The van der Waals surface area contributed by atoms with Gasteiger partial charge in [0, 0.05) is 4.88 Å². The van der Waals surface area contributed by atoms with E-state index in [1.165, 1.54) is 23.5 Å². The highest BCUT2D eigenvalue weighted by molar-refractivity contribution is 7.16. The summed E-state index contributed by atoms with van der Waals surface area (Å²) in [5.41, 5.74) is 5.87. The lowest BCUT2D eigenvalue weighted by atomic mass is 10.1. The molecule has 94 valence electrons. The van der Waals surface area contributed by atoms with Gasteiger partial charge in [0.1, 0.15) is 0 Å². The number of phenolic OH excluding ortho intramolecular Hbond substituents is 1. The number of nitrogens with two attached hydrogens (primary N) is 1. The van der Waals surface area contributed by atoms with Crippen LogP contribution in [0.4, 0.5) is 5.69 Å². The van der Waals surface area contributed by atoms with Crippen LogP contribution in [0.25, 0.3) is 0 Å². The maximum Gasteiger partial charge on any atom is 0.255 e. The van der Waals surface area contributed by atoms with E-state index < -0.39 is 0 Å². The van der Waals surface area contributed by atoms with Gasteiger partial charge in [-0.25, -0.2) is 0 Å². The molecule has 0 aliphatic carbocycles. The molecule has 0 fully saturated rings. The van der Waals surface area contributed by atoms with E-state index in [9.17, 15) is 9.90 Å². The molecule has 4 N–H and O–H groups in total. The van der Waals surface area contributed by atoms with Crippen molar-refractivity contribution in [2.75, 3.05) is 5.73 Å². The highest BCUT2D eigenvalue weighted by atomic mass is 35.5. The smallest absolute Gasteiger partial charge is 0.255 e. The molecule has 0 atom stereocenters. The molecule has 2 aromatic rings. The minimum Gasteiger partial charge on any atom is -0.505 e. The Morgan fingerprint density at radius 3 is 2.83 bits per heavy atom. The Morgan fingerprint density at radius 1 is 1.39 bits per heavy atom. The monoisotopic (exact) mass is 282 g/mol. The first-order valence-corrected chi connectivity index (χ1v) is 6.37. The van der Waals surface area contributed by atoms with Crippen LogP contribution in [-0.4, -0.2) is 11.0 Å². The van der Waals surface area contributed by atoms with E-state index in [2.05, 4.69) is 5.32 Å². The maximum absolute atomic E-state index is 11.8. The zero-order valence-electron chi connectivity index (χ0n) is 9.31. The second-order valence-electron chi connectivity index (χ2n) is 3.63. The van der Waals surface area contributed by atoms with Gasteiger partial charge in [-0.3, -0.25) is 4.79 Å². The van der Waals surface area contributed by atoms with Gasteiger partial charge >= 0.3 is 0 Å². The largest absolute Gasteiger partial charge is 0.505 e. The molecule has 1 aromatic heterocycles. The molecule has 0 radical (unpaired) electrons. The number of nitrogens with one attached hydrogen (secondary N) is 1. The SMILES string of the molecule is Nc1cccc(C(=O)NCc2ccc(Cl)s2)c1O. The van der Waals surface area contributed by atoms with E-state index in [1.807, 2.05) is 6.07 Å². The quantitative estimate of drug-likeness (QED) is 0.598. The van der Waals surface area contributed by atoms with Crippen LogP contribution in [0, 0.1) is 0 Å². The maximum atomic E-state index is 11.8. The van der Waals surface area contributed by atoms with Crippen molar-refractivity contribution in [1.82, 2.24) is 5.32 Å². The normalized spacial score (nSPS) is 10.3. The number of aromatic hydroxyl groups is 1. The van der Waals surface area contributed by atoms with E-state index >= 15 is 0 Å². The van der Waals surface area contributed by atoms with Gasteiger partial charge < -0.3 is 16.2 Å². The Morgan fingerprint density at radius 2 is 2.17 bits per heavy atom. The molecule has 0 unspecified atom stereocenters. The summed E-state index contributed by atoms with van der Waals surface area (Å²) in [5, 5.41) is 12.4. The summed E-state index contributed by atoms with van der Waals surface area (Å²) >= 11 is 7.18. The number of carbonyl (C=O) groups excluding carboxylic acids is 1. The van der Waals surface area contributed by atoms with Crippen molar-refractivity contribution in [3.63, 3.8) is 0 Å². The number of thiophene rings is 1. The molecule has 6 heteroatoms. The van der Waals surface area contributed by atoms with Gasteiger partial charge in [0.25, 0.3) is 5.91 Å². The Labute approximate surface area is 113 Å². The first-order chi connectivity index (χ1) is 8.58. The number of nitrogen functional groups attached to an aromatic ring is 1. The average Bonchev–Trinajstić information content (AvgIpc) is 2.76. The number of carbonyl (C=O) groups is 1. The fourth-order valence-electron chi connectivity index (χ4n) is 1.45. The number of anilines is 1. The molecule has 0 spiro atoms. The molecule has 1 aromatic carbocycles. The van der Waals surface area contributed by atoms with Crippen LogP contribution >= 0.6 is 22.9 Å². The molecule has 0 aliphatic heterocycles. The molecule has 0 aliphatic rings. The van der Waals surface area contributed by atoms with Gasteiger partial charge in [-0.1, -0.05) is 17.7 Å². The third kappa shape index (κ3) is 2.75. The van der Waals surface area contributed by atoms with Crippen LogP contribution in [0.2, 0.25) is 4.34 Å². The zero-order valence-corrected chi connectivity index (χ0v) is 10.9. The third-order valence-corrected chi connectivity index (χ3v) is 3.60. The highest BCUT2D eigenvalue weighted by Gasteiger charge is 2.12. The van der Waals surface area contributed by atoms with Gasteiger partial charge in [-0.15, -0.1) is 11.3 Å². The molecule has 1 heterocycles. The van der Waals surface area contributed by atoms with Crippen LogP contribution in [0.5, 0.6) is 5.75 Å². The molecule has 18 heavy (non-hydrogen) atoms. The van der Waals surface area contributed by atoms with Crippen molar-refractivity contribution in [2.45, 2.75) is 6.54 Å². The van der Waals surface area contributed by atoms with Gasteiger partial charge in [0.05, 0.1) is 22.1 Å². The summed E-state index contributed by atoms with van der Waals surface area (Å²) < 4.78 is 0.672. The molecular formula is C12H11ClN2O2S. The molecule has 0 saturated heterocycles. The van der Waals surface area contributed by atoms with Crippen molar-refractivity contribution in [3.8, 4) is 5.75 Å². The predicted molar refractivity (Wildman–Crippen MR) is 73.0 cm³/mol. The Hall–Kier alpha value is -1.72. The average molecular weight is 283 g/mol. The van der Waals surface area contributed by atoms with E-state index in [0.29, 0.717) is 10.9 Å². The van der Waals surface area contributed by atoms with Crippen LogP contribution in [0.3, 0.4) is 0 Å². The predicted octanol–water partition coefficient (Wildman–Crippen LogP) is 2.62. The molecular weight excluding hydrogens is 272 g/mol. The van der Waals surface area contributed by atoms with Crippen LogP contribution in [0.1, 0.15) is 15.2 Å². The molecule has 1 amide bonds. The summed E-state index contributed by atoms with van der Waals surface area (Å²) in [4.78, 5) is 12.8. The van der Waals surface area contributed by atoms with Crippen molar-refractivity contribution in [2.24, 2.45) is 0 Å². The first kappa shape index (κ1) is 12.7. The van der Waals surface area contributed by atoms with Crippen molar-refractivity contribution < 1.29 is 9.90 Å². The standard InChI is InChI=1S/C12H11ClN2O2S/c13-10-5-4-7(18-10)6-15-12(17)8-2-1-3-9(14)11(8)16/h1-5,16H,6,14H2,(H,15,17). The van der Waals surface area contributed by atoms with E-state index in [-0.39, 0.29) is 22.9 Å². The summed E-state index contributed by atoms with van der Waals surface area (Å²) in [6.07, 6.45) is 0. The minimum atomic E-state index is -0.371. The Kier molecular flexibility index (Phi) is 3.74. The summed E-state index contributed by atoms with van der Waals surface area (Å²) in [6, 6.07) is 8.28. The van der Waals surface area contributed by atoms with Gasteiger partial charge in [-0.2, -0.15) is 0 Å². The van der Waals surface area contributed by atoms with Gasteiger partial charge in [0.15, 0.2) is 5.75 Å². The fourth-order valence-corrected chi connectivity index (χ4v) is 2.48. The minimum absolute atomic E-state index is 0.164. The van der Waals surface area contributed by atoms with Crippen LogP contribution in [0.15, 0.2) is 30.3 Å². The fraction of sp³-hybridized carbons (Fsp3) is 0.0833. The number of para-hydroxylation sites is 1. The molecule has 0 saturated carbocycles. The van der Waals surface area contributed by atoms with E-state index in [1.54, 1.807) is 12.1 Å². The van der Waals surface area contributed by atoms with Crippen LogP contribution in [-0.2, 0) is 6.54 Å². The lowest BCUT2D eigenvalue weighted by Gasteiger charge is -2.07. The topological polar surface area (TPSA) is 75.4 Å². The Balaban J connectivity index is 2.06. The Bertz CT molecular complexity index is 583. The number of hydrogen-bond donors (Lipinski definition) is 3. The molecule has 2 rings (SSSR count). The number of hydrogen-bond acceptors (Lipinski definition) is 4. The third-order valence-electron chi connectivity index (χ3n) is 2.36. The van der Waals surface area contributed by atoms with Crippen LogP contribution < -0.4 is 11.1 Å². The number of rotatable bonds is 3. The van der Waals surface area contributed by atoms with E-state index in [0.717, 1.165) is 4.88 Å². The lowest BCUT2D eigenvalue weighted by Crippen LogP contribution is -2.22. The zero-order chi connectivity index (χ0) is 13.1. The van der Waals surface area contributed by atoms with Gasteiger partial charge in [0.2, 0.25) is 0 Å². The molecule has 0 bridgehead atoms. The number of benzene rings is 1. The second-order valence-corrected chi connectivity index (χ2v) is 5.43. The summed E-state index contributed by atoms with van der Waals surface area (Å²) in [7, 11) is 0. The number of amides is 1. The molecule has 4 nitrogen and oxygen atoms in total. The van der Waals surface area contributed by atoms with Crippen molar-refractivity contribution in [1.29, 1.82) is 0 Å². The number of halogens is 1. The lowest BCUT2D eigenvalue weighted by molar-refractivity contribution is 0.0948. The van der Waals surface area contributed by atoms with Crippen molar-refractivity contribution >= 4 is 34.5 Å². The summed E-state index contributed by atoms with van der Waals surface area (Å²) in [6.45, 7) is 0.366. The summed E-state index contributed by atoms with van der Waals surface area (Å²) in [5.74, 6) is -0.566. The van der Waals surface area contributed by atoms with E-state index in [4.69, 9.17) is 17.3 Å². The second kappa shape index (κ2) is 5.29. The van der Waals surface area contributed by atoms with Gasteiger partial charge in [-0.05, 0) is 24.3 Å². The number of phenols is 1. The highest BCUT2D eigenvalue weighted by Crippen LogP contribution is 2.25. The van der Waals surface area contributed by atoms with Crippen molar-refractivity contribution in [3.05, 3.63) is 45.1 Å².